The van der Waals surface area contributed by atoms with Gasteiger partial charge in [0.25, 0.3) is 5.91 Å². The number of carbonyl (C=O) groups excluding carboxylic acids is 1. The van der Waals surface area contributed by atoms with Gasteiger partial charge in [0.1, 0.15) is 23.3 Å². The average Bonchev–Trinajstić information content (AvgIpc) is 2.95. The predicted octanol–water partition coefficient (Wildman–Crippen LogP) is 4.35. The number of ether oxygens (including phenoxy) is 2. The van der Waals surface area contributed by atoms with Crippen molar-refractivity contribution in [2.24, 2.45) is 0 Å². The van der Waals surface area contributed by atoms with Crippen LogP contribution in [0.4, 0.5) is 4.39 Å². The van der Waals surface area contributed by atoms with Crippen molar-refractivity contribution in [1.29, 1.82) is 0 Å². The largest absolute Gasteiger partial charge is 0.493 e. The van der Waals surface area contributed by atoms with Gasteiger partial charge in [-0.3, -0.25) is 14.5 Å². The van der Waals surface area contributed by atoms with Crippen LogP contribution in [-0.2, 0) is 16.2 Å². The van der Waals surface area contributed by atoms with Gasteiger partial charge in [-0.05, 0) is 35.9 Å². The molecular weight excluding hydrogens is 453 g/mol. The SMILES string of the molecule is COc1cc(C=C2SC(=S)N(CC(=O)O)C2=O)ccc1OCc1ccc(F)cc1Cl. The Bertz CT molecular complexity index is 1060. The molecule has 1 N–H and O–H groups in total. The summed E-state index contributed by atoms with van der Waals surface area (Å²) >= 11 is 12.1. The first kappa shape index (κ1) is 22.1. The monoisotopic (exact) mass is 467 g/mol. The lowest BCUT2D eigenvalue weighted by atomic mass is 10.1. The van der Waals surface area contributed by atoms with Gasteiger partial charge in [0.15, 0.2) is 11.5 Å². The minimum absolute atomic E-state index is 0.114. The molecule has 0 spiro atoms. The third kappa shape index (κ3) is 5.10. The van der Waals surface area contributed by atoms with Crippen LogP contribution in [0.25, 0.3) is 6.08 Å². The number of amides is 1. The van der Waals surface area contributed by atoms with Crippen molar-refractivity contribution >= 4 is 57.9 Å². The highest BCUT2D eigenvalue weighted by molar-refractivity contribution is 8.26. The molecule has 1 fully saturated rings. The molecule has 3 rings (SSSR count). The fourth-order valence-electron chi connectivity index (χ4n) is 2.61. The fourth-order valence-corrected chi connectivity index (χ4v) is 4.09. The van der Waals surface area contributed by atoms with Gasteiger partial charge in [0, 0.05) is 5.56 Å². The maximum Gasteiger partial charge on any atom is 0.323 e. The van der Waals surface area contributed by atoms with Crippen LogP contribution in [0.2, 0.25) is 5.02 Å². The summed E-state index contributed by atoms with van der Waals surface area (Å²) in [5.41, 5.74) is 1.26. The summed E-state index contributed by atoms with van der Waals surface area (Å²) in [5, 5.41) is 9.17. The normalized spacial score (nSPS) is 15.0. The summed E-state index contributed by atoms with van der Waals surface area (Å²) in [6.45, 7) is -0.368. The molecule has 0 radical (unpaired) electrons. The summed E-state index contributed by atoms with van der Waals surface area (Å²) in [4.78, 5) is 24.6. The highest BCUT2D eigenvalue weighted by atomic mass is 35.5. The van der Waals surface area contributed by atoms with E-state index in [0.717, 1.165) is 16.7 Å². The summed E-state index contributed by atoms with van der Waals surface area (Å²) in [6, 6.07) is 9.10. The third-order valence-corrected chi connectivity index (χ3v) is 5.78. The zero-order valence-electron chi connectivity index (χ0n) is 15.6. The highest BCUT2D eigenvalue weighted by Gasteiger charge is 2.33. The molecule has 0 unspecified atom stereocenters. The topological polar surface area (TPSA) is 76.1 Å². The summed E-state index contributed by atoms with van der Waals surface area (Å²) in [7, 11) is 1.48. The summed E-state index contributed by atoms with van der Waals surface area (Å²) < 4.78 is 24.5. The second-order valence-corrected chi connectivity index (χ2v) is 8.18. The quantitative estimate of drug-likeness (QED) is 0.479. The van der Waals surface area contributed by atoms with E-state index < -0.39 is 24.2 Å². The third-order valence-electron chi connectivity index (χ3n) is 4.05. The van der Waals surface area contributed by atoms with Gasteiger partial charge in [-0.15, -0.1) is 0 Å². The van der Waals surface area contributed by atoms with Crippen LogP contribution in [-0.4, -0.2) is 39.9 Å². The van der Waals surface area contributed by atoms with Gasteiger partial charge in [-0.2, -0.15) is 0 Å². The lowest BCUT2D eigenvalue weighted by Crippen LogP contribution is -2.33. The van der Waals surface area contributed by atoms with Gasteiger partial charge in [0.2, 0.25) is 0 Å². The zero-order chi connectivity index (χ0) is 21.8. The first-order chi connectivity index (χ1) is 14.3. The van der Waals surface area contributed by atoms with Gasteiger partial charge < -0.3 is 14.6 Å². The number of carbonyl (C=O) groups is 2. The van der Waals surface area contributed by atoms with E-state index in [-0.39, 0.29) is 16.0 Å². The van der Waals surface area contributed by atoms with Crippen LogP contribution in [0, 0.1) is 5.82 Å². The molecule has 1 saturated heterocycles. The van der Waals surface area contributed by atoms with Crippen molar-refractivity contribution in [2.75, 3.05) is 13.7 Å². The smallest absolute Gasteiger partial charge is 0.323 e. The average molecular weight is 468 g/mol. The van der Waals surface area contributed by atoms with Crippen LogP contribution in [0.3, 0.4) is 0 Å². The fraction of sp³-hybridized carbons (Fsp3) is 0.150. The molecule has 0 aliphatic carbocycles. The maximum atomic E-state index is 13.2. The van der Waals surface area contributed by atoms with Crippen LogP contribution in [0.1, 0.15) is 11.1 Å². The van der Waals surface area contributed by atoms with Gasteiger partial charge in [-0.1, -0.05) is 47.7 Å². The van der Waals surface area contributed by atoms with Crippen molar-refractivity contribution in [3.8, 4) is 11.5 Å². The number of hydrogen-bond donors (Lipinski definition) is 1. The van der Waals surface area contributed by atoms with E-state index in [1.165, 1.54) is 25.3 Å². The van der Waals surface area contributed by atoms with Crippen molar-refractivity contribution in [1.82, 2.24) is 4.90 Å². The maximum absolute atomic E-state index is 13.2. The summed E-state index contributed by atoms with van der Waals surface area (Å²) in [6.07, 6.45) is 1.60. The molecular formula is C20H15ClFNO5S2. The van der Waals surface area contributed by atoms with E-state index in [9.17, 15) is 14.0 Å². The van der Waals surface area contributed by atoms with E-state index in [1.54, 1.807) is 24.3 Å². The number of aliphatic carboxylic acids is 1. The molecule has 2 aromatic rings. The number of hydrogen-bond acceptors (Lipinski definition) is 6. The Morgan fingerprint density at radius 3 is 2.73 bits per heavy atom. The number of carboxylic acid groups (broad SMARTS) is 1. The number of nitrogens with zero attached hydrogens (tertiary/aromatic N) is 1. The number of halogens is 2. The number of carboxylic acids is 1. The van der Waals surface area contributed by atoms with Crippen LogP contribution >= 0.6 is 35.6 Å². The molecule has 0 atom stereocenters. The number of thiocarbonyl (C=S) groups is 1. The number of thioether (sulfide) groups is 1. The highest BCUT2D eigenvalue weighted by Crippen LogP contribution is 2.35. The molecule has 10 heteroatoms. The minimum atomic E-state index is -1.14. The molecule has 1 heterocycles. The van der Waals surface area contributed by atoms with Crippen LogP contribution < -0.4 is 9.47 Å². The second kappa shape index (κ2) is 9.46. The molecule has 1 aliphatic heterocycles. The second-order valence-electron chi connectivity index (χ2n) is 6.10. The van der Waals surface area contributed by atoms with E-state index in [0.29, 0.717) is 27.5 Å². The van der Waals surface area contributed by atoms with Crippen LogP contribution in [0.5, 0.6) is 11.5 Å². The Kier molecular flexibility index (Phi) is 6.96. The molecule has 0 bridgehead atoms. The molecule has 156 valence electrons. The first-order valence-electron chi connectivity index (χ1n) is 8.50. The standard InChI is InChI=1S/C20H15ClFNO5S2/c1-27-16-6-11(7-17-19(26)23(9-18(24)25)20(29)30-17)2-5-15(16)28-10-12-3-4-13(22)8-14(12)21/h2-8H,9-10H2,1H3,(H,24,25). The van der Waals surface area contributed by atoms with E-state index in [1.807, 2.05) is 0 Å². The van der Waals surface area contributed by atoms with Gasteiger partial charge in [-0.25, -0.2) is 4.39 Å². The van der Waals surface area contributed by atoms with Crippen molar-refractivity contribution < 1.29 is 28.6 Å². The molecule has 0 saturated carbocycles. The van der Waals surface area contributed by atoms with E-state index in [2.05, 4.69) is 0 Å². The lowest BCUT2D eigenvalue weighted by molar-refractivity contribution is -0.140. The predicted molar refractivity (Wildman–Crippen MR) is 116 cm³/mol. The van der Waals surface area contributed by atoms with Crippen molar-refractivity contribution in [3.63, 3.8) is 0 Å². The van der Waals surface area contributed by atoms with Crippen molar-refractivity contribution in [3.05, 3.63) is 63.3 Å². The first-order valence-corrected chi connectivity index (χ1v) is 10.1. The van der Waals surface area contributed by atoms with Gasteiger partial charge >= 0.3 is 5.97 Å². The Morgan fingerprint density at radius 1 is 1.30 bits per heavy atom. The Labute approximate surface area is 186 Å². The number of rotatable bonds is 7. The van der Waals surface area contributed by atoms with E-state index in [4.69, 9.17) is 38.4 Å². The van der Waals surface area contributed by atoms with E-state index >= 15 is 0 Å². The molecule has 0 aromatic heterocycles. The zero-order valence-corrected chi connectivity index (χ0v) is 17.9. The van der Waals surface area contributed by atoms with Crippen molar-refractivity contribution in [2.45, 2.75) is 6.61 Å². The lowest BCUT2D eigenvalue weighted by Gasteiger charge is -2.12. The molecule has 1 amide bonds. The Hall–Kier alpha value is -2.62. The molecule has 6 nitrogen and oxygen atoms in total. The Morgan fingerprint density at radius 2 is 2.07 bits per heavy atom. The molecule has 2 aromatic carbocycles. The number of methoxy groups -OCH3 is 1. The Balaban J connectivity index is 1.77. The van der Waals surface area contributed by atoms with Gasteiger partial charge in [0.05, 0.1) is 17.0 Å². The molecule has 30 heavy (non-hydrogen) atoms. The number of benzene rings is 2. The molecule has 1 aliphatic rings. The minimum Gasteiger partial charge on any atom is -0.493 e. The summed E-state index contributed by atoms with van der Waals surface area (Å²) in [5.74, 6) is -1.18. The van der Waals surface area contributed by atoms with Crippen LogP contribution in [0.15, 0.2) is 41.3 Å².